The van der Waals surface area contributed by atoms with Gasteiger partial charge in [0.25, 0.3) is 0 Å². The number of aromatic nitrogens is 5. The lowest BCUT2D eigenvalue weighted by Gasteiger charge is -2.36. The molecule has 0 amide bonds. The fourth-order valence-electron chi connectivity index (χ4n) is 11.9. The van der Waals surface area contributed by atoms with Crippen molar-refractivity contribution in [3.05, 3.63) is 200 Å². The van der Waals surface area contributed by atoms with Crippen molar-refractivity contribution in [3.63, 3.8) is 0 Å². The number of benzene rings is 9. The summed E-state index contributed by atoms with van der Waals surface area (Å²) in [4.78, 5) is 1.75. The predicted octanol–water partition coefficient (Wildman–Crippen LogP) is 18.2. The molecule has 0 fully saturated rings. The number of hydrogen-bond donors (Lipinski definition) is 0. The number of para-hydroxylation sites is 5. The number of fused-ring (bicyclic) bond motifs is 12. The molecule has 1 atom stereocenters. The van der Waals surface area contributed by atoms with E-state index in [1.54, 1.807) is 4.80 Å². The maximum absolute atomic E-state index is 6.77. The third-order valence-corrected chi connectivity index (χ3v) is 15.5. The Morgan fingerprint density at radius 3 is 1.70 bits per heavy atom. The Bertz CT molecular complexity index is 4490. The molecule has 14 aromatic rings. The summed E-state index contributed by atoms with van der Waals surface area (Å²) in [5.74, 6) is 1.26. The summed E-state index contributed by atoms with van der Waals surface area (Å²) in [7, 11) is 0. The maximum Gasteiger partial charge on any atom is 0.180 e. The van der Waals surface area contributed by atoms with E-state index in [2.05, 4.69) is 227 Å². The molecule has 0 saturated heterocycles. The monoisotopic (exact) mass is 961 g/mol. The van der Waals surface area contributed by atoms with Gasteiger partial charge in [0, 0.05) is 43.1 Å². The Morgan fingerprint density at radius 1 is 0.432 bits per heavy atom. The topological polar surface area (TPSA) is 66.8 Å². The Labute approximate surface area is 428 Å². The molecule has 0 aliphatic heterocycles. The van der Waals surface area contributed by atoms with Crippen LogP contribution in [0.2, 0.25) is 0 Å². The first-order chi connectivity index (χ1) is 35.9. The fraction of sp³-hybridized carbons (Fsp3) is 0.164. The number of rotatable bonds is 8. The lowest BCUT2D eigenvalue weighted by Crippen LogP contribution is -2.27. The van der Waals surface area contributed by atoms with Crippen LogP contribution in [0.25, 0.3) is 127 Å². The van der Waals surface area contributed by atoms with E-state index in [1.807, 2.05) is 18.3 Å². The van der Waals surface area contributed by atoms with Crippen molar-refractivity contribution in [3.8, 4) is 39.4 Å². The highest BCUT2D eigenvalue weighted by atomic mass is 16.3. The van der Waals surface area contributed by atoms with Gasteiger partial charge in [0.1, 0.15) is 16.9 Å². The van der Waals surface area contributed by atoms with E-state index < -0.39 is 0 Å². The highest BCUT2D eigenvalue weighted by Crippen LogP contribution is 2.43. The Hall–Kier alpha value is -8.68. The zero-order chi connectivity index (χ0) is 50.0. The van der Waals surface area contributed by atoms with Crippen LogP contribution in [0.5, 0.6) is 0 Å². The summed E-state index contributed by atoms with van der Waals surface area (Å²) in [5, 5.41) is 19.3. The van der Waals surface area contributed by atoms with Crippen LogP contribution in [0.4, 0.5) is 0 Å². The molecule has 0 spiro atoms. The summed E-state index contributed by atoms with van der Waals surface area (Å²) in [6.07, 6.45) is 4.05. The maximum atomic E-state index is 6.77. The lowest BCUT2D eigenvalue weighted by molar-refractivity contribution is 0.164. The molecule has 7 nitrogen and oxygen atoms in total. The van der Waals surface area contributed by atoms with Gasteiger partial charge in [-0.15, -0.1) is 9.90 Å². The van der Waals surface area contributed by atoms with Crippen LogP contribution in [0, 0.1) is 16.7 Å². The smallest absolute Gasteiger partial charge is 0.180 e. The van der Waals surface area contributed by atoms with Crippen LogP contribution in [-0.4, -0.2) is 24.1 Å². The minimum Gasteiger partial charge on any atom is -0.454 e. The predicted molar refractivity (Wildman–Crippen MR) is 306 cm³/mol. The summed E-state index contributed by atoms with van der Waals surface area (Å²) in [6, 6.07) is 67.5. The normalized spacial score (nSPS) is 13.1. The minimum atomic E-state index is 0.181. The summed E-state index contributed by atoms with van der Waals surface area (Å²) in [6.45, 7) is 14.2. The molecule has 0 aliphatic carbocycles. The molecule has 1 unspecified atom stereocenters. The number of hydrogen-bond acceptors (Lipinski definition) is 4. The molecule has 74 heavy (non-hydrogen) atoms. The zero-order valence-corrected chi connectivity index (χ0v) is 42.5. The van der Waals surface area contributed by atoms with Gasteiger partial charge >= 0.3 is 0 Å². The second kappa shape index (κ2) is 16.4. The molecule has 0 saturated carbocycles. The lowest BCUT2D eigenvalue weighted by atomic mass is 9.70. The summed E-state index contributed by atoms with van der Waals surface area (Å²) in [5.41, 5.74) is 15.8. The van der Waals surface area contributed by atoms with Crippen LogP contribution in [0.3, 0.4) is 0 Å². The van der Waals surface area contributed by atoms with Gasteiger partial charge in [-0.05, 0) is 124 Å². The van der Waals surface area contributed by atoms with E-state index in [-0.39, 0.29) is 10.8 Å². The highest BCUT2D eigenvalue weighted by molar-refractivity contribution is 6.14. The first-order valence-electron chi connectivity index (χ1n) is 25.9. The summed E-state index contributed by atoms with van der Waals surface area (Å²) >= 11 is 0. The molecule has 0 N–H and O–H groups in total. The van der Waals surface area contributed by atoms with Gasteiger partial charge in [0.2, 0.25) is 0 Å². The second-order valence-electron chi connectivity index (χ2n) is 22.6. The largest absolute Gasteiger partial charge is 0.454 e. The van der Waals surface area contributed by atoms with Gasteiger partial charge in [-0.25, -0.2) is 0 Å². The minimum absolute atomic E-state index is 0.181. The average Bonchev–Trinajstić information content (AvgIpc) is 4.25. The van der Waals surface area contributed by atoms with Crippen LogP contribution in [-0.2, 0) is 6.42 Å². The standard InChI is InChI=1S/C67H55N5O2/c1-66(2,3)39-46(67(4,5)6)34-41-17-15-18-42(33-41)45-37-54-50-22-10-14-28-61(50)73-65(54)60(38-45)72-68-40-63(69-72)71-57-26-13-9-21-49(57)52-35-43(29-31-58(52)71)44-30-32-62-53(36-44)51-23-16-27-59(64(51)74-62)70-55-24-11-7-19-47(55)48-20-8-12-25-56(48)70/h7-33,35-38,40,46H,34,39H2,1-6H3. The Kier molecular flexibility index (Phi) is 9.78. The molecule has 9 aromatic carbocycles. The van der Waals surface area contributed by atoms with Crippen molar-refractivity contribution in [2.24, 2.45) is 16.7 Å². The zero-order valence-electron chi connectivity index (χ0n) is 42.5. The van der Waals surface area contributed by atoms with Crippen molar-refractivity contribution in [1.82, 2.24) is 24.1 Å². The SMILES string of the molecule is CC(C)(C)CC(Cc1cccc(-c2cc(-n3ncc(-n4c5ccccc5c5cc(-c6ccc7oc8c(-n9c%10ccccc%10c%10ccccc%109)cccc8c7c6)ccc54)n3)c3oc4ccccc4c3c2)c1)C(C)(C)C. The van der Waals surface area contributed by atoms with Crippen molar-refractivity contribution in [2.75, 3.05) is 0 Å². The molecule has 0 radical (unpaired) electrons. The molecule has 360 valence electrons. The van der Waals surface area contributed by atoms with E-state index in [9.17, 15) is 0 Å². The van der Waals surface area contributed by atoms with Crippen molar-refractivity contribution in [1.29, 1.82) is 0 Å². The van der Waals surface area contributed by atoms with Gasteiger partial charge in [0.05, 0.1) is 34.0 Å². The van der Waals surface area contributed by atoms with Gasteiger partial charge in [0.15, 0.2) is 17.0 Å². The van der Waals surface area contributed by atoms with Gasteiger partial charge in [-0.1, -0.05) is 163 Å². The summed E-state index contributed by atoms with van der Waals surface area (Å²) < 4.78 is 18.0. The molecule has 5 aromatic heterocycles. The van der Waals surface area contributed by atoms with E-state index in [0.29, 0.717) is 5.92 Å². The van der Waals surface area contributed by atoms with Crippen molar-refractivity contribution < 1.29 is 8.83 Å². The highest BCUT2D eigenvalue weighted by Gasteiger charge is 2.30. The first kappa shape index (κ1) is 44.1. The van der Waals surface area contributed by atoms with Crippen LogP contribution < -0.4 is 0 Å². The molecule has 7 heteroatoms. The van der Waals surface area contributed by atoms with Crippen LogP contribution >= 0.6 is 0 Å². The second-order valence-corrected chi connectivity index (χ2v) is 22.6. The Balaban J connectivity index is 0.856. The van der Waals surface area contributed by atoms with Crippen molar-refractivity contribution in [2.45, 2.75) is 54.4 Å². The molecule has 14 rings (SSSR count). The van der Waals surface area contributed by atoms with Crippen LogP contribution in [0.1, 0.15) is 53.5 Å². The number of furan rings is 2. The first-order valence-corrected chi connectivity index (χ1v) is 25.9. The van der Waals surface area contributed by atoms with E-state index in [1.165, 1.54) is 16.3 Å². The van der Waals surface area contributed by atoms with E-state index in [0.717, 1.165) is 129 Å². The van der Waals surface area contributed by atoms with Gasteiger partial charge in [-0.2, -0.15) is 5.10 Å². The fourth-order valence-corrected chi connectivity index (χ4v) is 11.9. The van der Waals surface area contributed by atoms with E-state index >= 15 is 0 Å². The molecule has 0 aliphatic rings. The van der Waals surface area contributed by atoms with Gasteiger partial charge in [-0.3, -0.25) is 4.57 Å². The number of nitrogens with zero attached hydrogens (tertiary/aromatic N) is 5. The Morgan fingerprint density at radius 2 is 0.986 bits per heavy atom. The molecule has 0 bridgehead atoms. The molecular weight excluding hydrogens is 907 g/mol. The third kappa shape index (κ3) is 7.16. The van der Waals surface area contributed by atoms with E-state index in [4.69, 9.17) is 19.0 Å². The molecule has 5 heterocycles. The van der Waals surface area contributed by atoms with Crippen molar-refractivity contribution >= 4 is 87.5 Å². The molecular formula is C67H55N5O2. The van der Waals surface area contributed by atoms with Crippen LogP contribution in [0.15, 0.2) is 203 Å². The average molecular weight is 962 g/mol. The van der Waals surface area contributed by atoms with Gasteiger partial charge < -0.3 is 13.4 Å². The third-order valence-electron chi connectivity index (χ3n) is 15.5. The quantitative estimate of drug-likeness (QED) is 0.152.